The number of esters is 1. The van der Waals surface area contributed by atoms with Crippen LogP contribution in [0.25, 0.3) is 0 Å². The molecule has 178 valence electrons. The van der Waals surface area contributed by atoms with E-state index >= 15 is 0 Å². The molecule has 0 unspecified atom stereocenters. The lowest BCUT2D eigenvalue weighted by molar-refractivity contribution is -0.156. The highest BCUT2D eigenvalue weighted by Crippen LogP contribution is 2.49. The Morgan fingerprint density at radius 1 is 1.09 bits per heavy atom. The van der Waals surface area contributed by atoms with Crippen LogP contribution in [0, 0.1) is 11.3 Å². The summed E-state index contributed by atoms with van der Waals surface area (Å²) in [6.07, 6.45) is 4.66. The minimum atomic E-state index is -0.877. The van der Waals surface area contributed by atoms with E-state index < -0.39 is 5.41 Å². The highest BCUT2D eigenvalue weighted by Gasteiger charge is 2.54. The lowest BCUT2D eigenvalue weighted by Gasteiger charge is -2.35. The number of rotatable bonds is 7. The van der Waals surface area contributed by atoms with Crippen LogP contribution >= 0.6 is 0 Å². The summed E-state index contributed by atoms with van der Waals surface area (Å²) in [5.41, 5.74) is -0.813. The number of methoxy groups -OCH3 is 1. The van der Waals surface area contributed by atoms with Gasteiger partial charge in [-0.2, -0.15) is 0 Å². The number of carbonyl (C=O) groups is 3. The van der Waals surface area contributed by atoms with E-state index in [0.29, 0.717) is 17.5 Å². The second kappa shape index (κ2) is 8.55. The van der Waals surface area contributed by atoms with Crippen LogP contribution < -0.4 is 0 Å². The molecule has 2 fully saturated rings. The molecule has 0 N–H and O–H groups in total. The molecule has 1 aromatic carbocycles. The van der Waals surface area contributed by atoms with Crippen molar-refractivity contribution in [3.8, 4) is 0 Å². The molecular weight excluding hydrogens is 421 g/mol. The number of imide groups is 1. The van der Waals surface area contributed by atoms with Crippen molar-refractivity contribution in [2.24, 2.45) is 11.3 Å². The molecule has 7 nitrogen and oxygen atoms in total. The Morgan fingerprint density at radius 2 is 1.67 bits per heavy atom. The van der Waals surface area contributed by atoms with Crippen molar-refractivity contribution < 1.29 is 28.4 Å². The number of nitrogens with zero attached hydrogens (tertiary/aromatic N) is 1. The van der Waals surface area contributed by atoms with Crippen molar-refractivity contribution in [2.45, 2.75) is 77.3 Å². The molecule has 1 aromatic rings. The summed E-state index contributed by atoms with van der Waals surface area (Å²) in [5.74, 6) is -0.975. The summed E-state index contributed by atoms with van der Waals surface area (Å²) in [7, 11) is 1.10. The normalized spacial score (nSPS) is 27.8. The lowest BCUT2D eigenvalue weighted by Crippen LogP contribution is -2.48. The molecule has 1 aliphatic carbocycles. The van der Waals surface area contributed by atoms with Crippen LogP contribution in [0.5, 0.6) is 0 Å². The molecule has 1 saturated carbocycles. The van der Waals surface area contributed by atoms with Gasteiger partial charge in [0.05, 0.1) is 34.9 Å². The Kier molecular flexibility index (Phi) is 6.21. The van der Waals surface area contributed by atoms with Crippen molar-refractivity contribution >= 4 is 24.9 Å². The quantitative estimate of drug-likeness (QED) is 0.350. The minimum absolute atomic E-state index is 0.0247. The van der Waals surface area contributed by atoms with Crippen molar-refractivity contribution in [2.75, 3.05) is 13.7 Å². The van der Waals surface area contributed by atoms with E-state index in [1.165, 1.54) is 12.0 Å². The third-order valence-corrected chi connectivity index (χ3v) is 8.16. The van der Waals surface area contributed by atoms with Gasteiger partial charge in [0.2, 0.25) is 0 Å². The van der Waals surface area contributed by atoms with Crippen LogP contribution in [-0.2, 0) is 18.8 Å². The Hall–Kier alpha value is -2.19. The van der Waals surface area contributed by atoms with Gasteiger partial charge in [0.15, 0.2) is 0 Å². The number of amides is 2. The highest BCUT2D eigenvalue weighted by molar-refractivity contribution is 6.45. The Balaban J connectivity index is 1.47. The van der Waals surface area contributed by atoms with Crippen molar-refractivity contribution in [1.29, 1.82) is 0 Å². The number of hydrogen-bond donors (Lipinski definition) is 0. The van der Waals surface area contributed by atoms with Crippen molar-refractivity contribution in [3.63, 3.8) is 0 Å². The van der Waals surface area contributed by atoms with Crippen LogP contribution in [-0.4, -0.2) is 54.7 Å². The van der Waals surface area contributed by atoms with E-state index in [2.05, 4.69) is 0 Å². The fraction of sp³-hybridized carbons (Fsp3) is 0.640. The summed E-state index contributed by atoms with van der Waals surface area (Å²) in [6.45, 7) is 8.21. The standard InChI is InChI=1S/C25H34BNO6/c1-23(2)24(3,4)33-26(32-23)15-9-11-17-10-8-14-25(17,22(30)31-5)16-27-20(28)18-12-6-7-13-19(18)21(27)29/h6-7,12-13,17H,8-11,14-16H2,1-5H3/t17-,25+/m0/s1. The van der Waals surface area contributed by atoms with Gasteiger partial charge >= 0.3 is 13.1 Å². The van der Waals surface area contributed by atoms with Crippen LogP contribution in [0.2, 0.25) is 6.32 Å². The van der Waals surface area contributed by atoms with Gasteiger partial charge in [0, 0.05) is 6.54 Å². The summed E-state index contributed by atoms with van der Waals surface area (Å²) in [4.78, 5) is 40.3. The van der Waals surface area contributed by atoms with E-state index in [-0.39, 0.29) is 48.6 Å². The second-order valence-corrected chi connectivity index (χ2v) is 10.6. The second-order valence-electron chi connectivity index (χ2n) is 10.6. The molecule has 4 rings (SSSR count). The first kappa shape index (κ1) is 24.0. The Bertz CT molecular complexity index is 909. The number of carbonyl (C=O) groups excluding carboxylic acids is 3. The number of benzene rings is 1. The molecule has 8 heteroatoms. The highest BCUT2D eigenvalue weighted by atomic mass is 16.7. The van der Waals surface area contributed by atoms with Crippen LogP contribution in [0.15, 0.2) is 24.3 Å². The fourth-order valence-corrected chi connectivity index (χ4v) is 5.59. The van der Waals surface area contributed by atoms with Crippen molar-refractivity contribution in [1.82, 2.24) is 4.90 Å². The molecule has 0 spiro atoms. The zero-order chi connectivity index (χ0) is 24.0. The van der Waals surface area contributed by atoms with Gasteiger partial charge in [-0.1, -0.05) is 25.0 Å². The van der Waals surface area contributed by atoms with Crippen LogP contribution in [0.3, 0.4) is 0 Å². The average molecular weight is 455 g/mol. The van der Waals surface area contributed by atoms with Gasteiger partial charge in [-0.3, -0.25) is 19.3 Å². The first-order valence-corrected chi connectivity index (χ1v) is 11.9. The summed E-state index contributed by atoms with van der Waals surface area (Å²) >= 11 is 0. The van der Waals surface area contributed by atoms with E-state index in [0.717, 1.165) is 32.0 Å². The van der Waals surface area contributed by atoms with Gasteiger partial charge in [-0.15, -0.1) is 0 Å². The summed E-state index contributed by atoms with van der Waals surface area (Å²) in [6, 6.07) is 6.82. The number of ether oxygens (including phenoxy) is 1. The Labute approximate surface area is 196 Å². The molecule has 2 heterocycles. The maximum Gasteiger partial charge on any atom is 0.457 e. The van der Waals surface area contributed by atoms with E-state index in [4.69, 9.17) is 14.0 Å². The average Bonchev–Trinajstić information content (AvgIpc) is 3.35. The zero-order valence-electron chi connectivity index (χ0n) is 20.3. The SMILES string of the molecule is COC(=O)[C@@]1(CN2C(=O)c3ccccc3C2=O)CCC[C@H]1CCCB1OC(C)(C)C(C)(C)O1. The maximum atomic E-state index is 13.1. The van der Waals surface area contributed by atoms with E-state index in [1.54, 1.807) is 24.3 Å². The Morgan fingerprint density at radius 3 is 2.21 bits per heavy atom. The smallest absolute Gasteiger partial charge is 0.457 e. The number of fused-ring (bicyclic) bond motifs is 1. The van der Waals surface area contributed by atoms with E-state index in [1.807, 2.05) is 27.7 Å². The largest absolute Gasteiger partial charge is 0.469 e. The van der Waals surface area contributed by atoms with Gasteiger partial charge in [0.1, 0.15) is 0 Å². The predicted octanol–water partition coefficient (Wildman–Crippen LogP) is 4.11. The topological polar surface area (TPSA) is 82.1 Å². The molecule has 2 amide bonds. The number of hydrogen-bond acceptors (Lipinski definition) is 6. The molecule has 2 atom stereocenters. The van der Waals surface area contributed by atoms with Gasteiger partial charge < -0.3 is 14.0 Å². The van der Waals surface area contributed by atoms with Crippen LogP contribution in [0.4, 0.5) is 0 Å². The molecular formula is C25H34BNO6. The van der Waals surface area contributed by atoms with Gasteiger partial charge in [-0.05, 0) is 71.3 Å². The molecule has 0 aromatic heterocycles. The van der Waals surface area contributed by atoms with Gasteiger partial charge in [0.25, 0.3) is 11.8 Å². The lowest BCUT2D eigenvalue weighted by atomic mass is 9.72. The molecule has 0 bridgehead atoms. The third kappa shape index (κ3) is 4.01. The first-order chi connectivity index (χ1) is 15.5. The van der Waals surface area contributed by atoms with Gasteiger partial charge in [-0.25, -0.2) is 0 Å². The maximum absolute atomic E-state index is 13.1. The monoisotopic (exact) mass is 455 g/mol. The molecule has 2 aliphatic heterocycles. The van der Waals surface area contributed by atoms with Crippen LogP contribution in [0.1, 0.15) is 80.5 Å². The van der Waals surface area contributed by atoms with Crippen molar-refractivity contribution in [3.05, 3.63) is 35.4 Å². The zero-order valence-corrected chi connectivity index (χ0v) is 20.3. The molecule has 0 radical (unpaired) electrons. The predicted molar refractivity (Wildman–Crippen MR) is 124 cm³/mol. The molecule has 33 heavy (non-hydrogen) atoms. The summed E-state index contributed by atoms with van der Waals surface area (Å²) < 4.78 is 17.4. The fourth-order valence-electron chi connectivity index (χ4n) is 5.59. The van der Waals surface area contributed by atoms with E-state index in [9.17, 15) is 14.4 Å². The molecule has 1 saturated heterocycles. The molecule has 3 aliphatic rings. The first-order valence-electron chi connectivity index (χ1n) is 11.9. The summed E-state index contributed by atoms with van der Waals surface area (Å²) in [5, 5.41) is 0. The minimum Gasteiger partial charge on any atom is -0.469 e. The third-order valence-electron chi connectivity index (χ3n) is 8.16.